The monoisotopic (exact) mass is 244 g/mol. The molecule has 0 aliphatic rings. The summed E-state index contributed by atoms with van der Waals surface area (Å²) in [4.78, 5) is 10.9. The minimum Gasteiger partial charge on any atom is -0.308 e. The molecule has 0 aromatic heterocycles. The van der Waals surface area contributed by atoms with E-state index in [1.165, 1.54) is 0 Å². The van der Waals surface area contributed by atoms with Crippen LogP contribution >= 0.6 is 0 Å². The number of rotatable bonds is 3. The highest BCUT2D eigenvalue weighted by molar-refractivity contribution is 6.51. The summed E-state index contributed by atoms with van der Waals surface area (Å²) in [6, 6.07) is 0. The number of hydrogen-bond donors (Lipinski definition) is 3. The molecule has 16 heavy (non-hydrogen) atoms. The van der Waals surface area contributed by atoms with Crippen LogP contribution < -0.4 is 14.9 Å². The van der Waals surface area contributed by atoms with Crippen LogP contribution in [0.2, 0.25) is 0 Å². The minimum atomic E-state index is -0.967. The van der Waals surface area contributed by atoms with Crippen LogP contribution in [-0.2, 0) is 0 Å². The average Bonchev–Trinajstić information content (AvgIpc) is 1.70. The number of nitrogens with one attached hydrogen (secondary N) is 3. The summed E-state index contributed by atoms with van der Waals surface area (Å²) in [6.45, 7) is 19.8. The molecule has 0 aromatic carbocycles. The molecule has 0 saturated heterocycles. The molecule has 4 heteroatoms. The van der Waals surface area contributed by atoms with Gasteiger partial charge < -0.3 is 14.9 Å². The Kier molecular flexibility index (Phi) is 5.20. The van der Waals surface area contributed by atoms with E-state index in [1.807, 2.05) is 0 Å². The fraction of sp³-hybridized carbons (Fsp3) is 1.00. The standard InChI is InChI=1S/C12H30N3Si/c1-10(2,3)13-16(14-11(4,5)6)15-12(7,8)9/h13-15H,1-9H3. The molecule has 0 aromatic rings. The zero-order valence-electron chi connectivity index (χ0n) is 12.5. The van der Waals surface area contributed by atoms with E-state index in [9.17, 15) is 0 Å². The molecular formula is C12H30N3Si. The van der Waals surface area contributed by atoms with Crippen molar-refractivity contribution in [3.8, 4) is 0 Å². The fourth-order valence-corrected chi connectivity index (χ4v) is 3.66. The highest BCUT2D eigenvalue weighted by Gasteiger charge is 2.28. The lowest BCUT2D eigenvalue weighted by Gasteiger charge is -2.36. The SMILES string of the molecule is CC(C)(C)N[Si](NC(C)(C)C)NC(C)(C)C. The lowest BCUT2D eigenvalue weighted by Crippen LogP contribution is -2.70. The van der Waals surface area contributed by atoms with Crippen LogP contribution in [-0.4, -0.2) is 25.9 Å². The van der Waals surface area contributed by atoms with E-state index in [0.717, 1.165) is 0 Å². The molecule has 0 heterocycles. The largest absolute Gasteiger partial charge is 0.320 e. The van der Waals surface area contributed by atoms with E-state index in [1.54, 1.807) is 0 Å². The summed E-state index contributed by atoms with van der Waals surface area (Å²) in [6.07, 6.45) is 0. The Bertz CT molecular complexity index is 170. The smallest absolute Gasteiger partial charge is 0.308 e. The van der Waals surface area contributed by atoms with Crippen LogP contribution in [0, 0.1) is 0 Å². The summed E-state index contributed by atoms with van der Waals surface area (Å²) in [7, 11) is -0.967. The van der Waals surface area contributed by atoms with Gasteiger partial charge in [0.25, 0.3) is 0 Å². The Hall–Kier alpha value is 0.0969. The maximum absolute atomic E-state index is 3.65. The van der Waals surface area contributed by atoms with Crippen molar-refractivity contribution in [1.82, 2.24) is 14.9 Å². The molecule has 0 fully saturated rings. The first-order valence-electron chi connectivity index (χ1n) is 6.00. The first-order valence-corrected chi connectivity index (χ1v) is 7.50. The van der Waals surface area contributed by atoms with Gasteiger partial charge in [0.15, 0.2) is 0 Å². The molecule has 0 rings (SSSR count). The third-order valence-electron chi connectivity index (χ3n) is 1.50. The molecule has 0 unspecified atom stereocenters. The topological polar surface area (TPSA) is 36.1 Å². The van der Waals surface area contributed by atoms with Crippen LogP contribution in [0.15, 0.2) is 0 Å². The summed E-state index contributed by atoms with van der Waals surface area (Å²) < 4.78 is 0. The molecule has 0 bridgehead atoms. The summed E-state index contributed by atoms with van der Waals surface area (Å²) in [5.41, 5.74) is 0.389. The molecule has 3 nitrogen and oxygen atoms in total. The van der Waals surface area contributed by atoms with Crippen molar-refractivity contribution in [3.63, 3.8) is 0 Å². The van der Waals surface area contributed by atoms with E-state index in [-0.39, 0.29) is 16.6 Å². The van der Waals surface area contributed by atoms with Gasteiger partial charge in [-0.2, -0.15) is 0 Å². The Morgan fingerprint density at radius 1 is 0.500 bits per heavy atom. The van der Waals surface area contributed by atoms with Crippen molar-refractivity contribution in [2.75, 3.05) is 0 Å². The second kappa shape index (κ2) is 5.17. The van der Waals surface area contributed by atoms with Gasteiger partial charge in [0.05, 0.1) is 0 Å². The van der Waals surface area contributed by atoms with Gasteiger partial charge >= 0.3 is 9.28 Å². The van der Waals surface area contributed by atoms with Gasteiger partial charge in [-0.3, -0.25) is 0 Å². The zero-order valence-corrected chi connectivity index (χ0v) is 13.5. The van der Waals surface area contributed by atoms with Crippen molar-refractivity contribution in [3.05, 3.63) is 0 Å². The molecule has 0 aliphatic heterocycles. The molecule has 0 saturated carbocycles. The normalized spacial score (nSPS) is 14.6. The molecule has 0 atom stereocenters. The predicted octanol–water partition coefficient (Wildman–Crippen LogP) is 2.14. The van der Waals surface area contributed by atoms with Crippen LogP contribution in [0.25, 0.3) is 0 Å². The van der Waals surface area contributed by atoms with Crippen molar-refractivity contribution in [2.45, 2.75) is 78.9 Å². The van der Waals surface area contributed by atoms with Crippen molar-refractivity contribution < 1.29 is 0 Å². The Labute approximate surface area is 104 Å². The minimum absolute atomic E-state index is 0.130. The zero-order chi connectivity index (χ0) is 13.2. The van der Waals surface area contributed by atoms with Crippen LogP contribution in [0.1, 0.15) is 62.3 Å². The summed E-state index contributed by atoms with van der Waals surface area (Å²) >= 11 is 0. The van der Waals surface area contributed by atoms with E-state index in [2.05, 4.69) is 77.3 Å². The molecule has 3 N–H and O–H groups in total. The second-order valence-electron chi connectivity index (χ2n) is 7.50. The molecule has 1 radical (unpaired) electrons. The lowest BCUT2D eigenvalue weighted by atomic mass is 10.1. The third kappa shape index (κ3) is 10.6. The van der Waals surface area contributed by atoms with Crippen molar-refractivity contribution in [1.29, 1.82) is 0 Å². The molecule has 0 spiro atoms. The fourth-order valence-electron chi connectivity index (χ4n) is 1.22. The predicted molar refractivity (Wildman–Crippen MR) is 74.4 cm³/mol. The van der Waals surface area contributed by atoms with Gasteiger partial charge in [0.1, 0.15) is 0 Å². The van der Waals surface area contributed by atoms with Crippen LogP contribution in [0.4, 0.5) is 0 Å². The van der Waals surface area contributed by atoms with E-state index < -0.39 is 9.28 Å². The van der Waals surface area contributed by atoms with Crippen LogP contribution in [0.5, 0.6) is 0 Å². The van der Waals surface area contributed by atoms with E-state index in [0.29, 0.717) is 0 Å². The highest BCUT2D eigenvalue weighted by Crippen LogP contribution is 2.05. The van der Waals surface area contributed by atoms with Crippen LogP contribution in [0.3, 0.4) is 0 Å². The van der Waals surface area contributed by atoms with Gasteiger partial charge in [-0.25, -0.2) is 0 Å². The molecule has 0 aliphatic carbocycles. The highest BCUT2D eigenvalue weighted by atomic mass is 28.3. The molecular weight excluding hydrogens is 214 g/mol. The number of hydrogen-bond acceptors (Lipinski definition) is 3. The first kappa shape index (κ1) is 16.1. The molecule has 97 valence electrons. The average molecular weight is 244 g/mol. The van der Waals surface area contributed by atoms with Crippen molar-refractivity contribution in [2.24, 2.45) is 0 Å². The van der Waals surface area contributed by atoms with Crippen molar-refractivity contribution >= 4 is 9.28 Å². The van der Waals surface area contributed by atoms with E-state index >= 15 is 0 Å². The maximum Gasteiger partial charge on any atom is 0.320 e. The summed E-state index contributed by atoms with van der Waals surface area (Å²) in [5, 5.41) is 0. The van der Waals surface area contributed by atoms with Gasteiger partial charge in [-0.05, 0) is 62.3 Å². The maximum atomic E-state index is 3.65. The van der Waals surface area contributed by atoms with Gasteiger partial charge in [-0.15, -0.1) is 0 Å². The summed E-state index contributed by atoms with van der Waals surface area (Å²) in [5.74, 6) is 0. The Balaban J connectivity index is 4.53. The third-order valence-corrected chi connectivity index (χ3v) is 4.50. The van der Waals surface area contributed by atoms with Gasteiger partial charge in [-0.1, -0.05) is 0 Å². The first-order chi connectivity index (χ1) is 6.79. The molecule has 0 amide bonds. The van der Waals surface area contributed by atoms with Gasteiger partial charge in [0, 0.05) is 16.6 Å². The quantitative estimate of drug-likeness (QED) is 0.666. The second-order valence-corrected chi connectivity index (χ2v) is 9.00. The van der Waals surface area contributed by atoms with Gasteiger partial charge in [0.2, 0.25) is 0 Å². The Morgan fingerprint density at radius 3 is 0.812 bits per heavy atom. The Morgan fingerprint density at radius 2 is 0.688 bits per heavy atom. The van der Waals surface area contributed by atoms with E-state index in [4.69, 9.17) is 0 Å². The lowest BCUT2D eigenvalue weighted by molar-refractivity contribution is 0.435.